The van der Waals surface area contributed by atoms with Crippen molar-refractivity contribution in [3.8, 4) is 0 Å². The molecule has 5 nitrogen and oxygen atoms in total. The Hall–Kier alpha value is -0.810. The Morgan fingerprint density at radius 2 is 1.64 bits per heavy atom. The molecule has 0 atom stereocenters. The third-order valence-electron chi connectivity index (χ3n) is 1.63. The van der Waals surface area contributed by atoms with E-state index < -0.39 is 0 Å². The Kier molecular flexibility index (Phi) is 7.14. The van der Waals surface area contributed by atoms with Gasteiger partial charge >= 0.3 is 6.03 Å². The van der Waals surface area contributed by atoms with Crippen molar-refractivity contribution < 1.29 is 14.3 Å². The highest BCUT2D eigenvalue weighted by Crippen LogP contribution is 1.88. The summed E-state index contributed by atoms with van der Waals surface area (Å²) in [4.78, 5) is 11.2. The van der Waals surface area contributed by atoms with Crippen molar-refractivity contribution in [2.24, 2.45) is 5.92 Å². The summed E-state index contributed by atoms with van der Waals surface area (Å²) >= 11 is 0. The topological polar surface area (TPSA) is 59.6 Å². The highest BCUT2D eigenvalue weighted by atomic mass is 16.7. The molecule has 0 aromatic heterocycles. The molecule has 0 fully saturated rings. The Morgan fingerprint density at radius 3 is 2.07 bits per heavy atom. The molecule has 0 spiro atoms. The van der Waals surface area contributed by atoms with Gasteiger partial charge in [0.1, 0.15) is 0 Å². The largest absolute Gasteiger partial charge is 0.354 e. The van der Waals surface area contributed by atoms with Gasteiger partial charge in [-0.25, -0.2) is 4.79 Å². The van der Waals surface area contributed by atoms with E-state index in [0.717, 1.165) is 0 Å². The summed E-state index contributed by atoms with van der Waals surface area (Å²) in [5.41, 5.74) is 0. The SMILES string of the molecule is COC(CNC(=O)NCC(C)C)OC. The number of methoxy groups -OCH3 is 2. The van der Waals surface area contributed by atoms with Crippen LogP contribution >= 0.6 is 0 Å². The lowest BCUT2D eigenvalue weighted by Gasteiger charge is -2.14. The lowest BCUT2D eigenvalue weighted by Crippen LogP contribution is -2.41. The average molecular weight is 204 g/mol. The van der Waals surface area contributed by atoms with Crippen LogP contribution in [0.2, 0.25) is 0 Å². The summed E-state index contributed by atoms with van der Waals surface area (Å²) in [6.45, 7) is 5.08. The minimum Gasteiger partial charge on any atom is -0.354 e. The van der Waals surface area contributed by atoms with E-state index in [2.05, 4.69) is 10.6 Å². The maximum absolute atomic E-state index is 11.2. The fraction of sp³-hybridized carbons (Fsp3) is 0.889. The molecule has 0 aliphatic rings. The number of hydrogen-bond acceptors (Lipinski definition) is 3. The van der Waals surface area contributed by atoms with Gasteiger partial charge in [0.25, 0.3) is 0 Å². The number of rotatable bonds is 6. The summed E-state index contributed by atoms with van der Waals surface area (Å²) in [5, 5.41) is 5.36. The van der Waals surface area contributed by atoms with Gasteiger partial charge in [-0.2, -0.15) is 0 Å². The zero-order valence-corrected chi connectivity index (χ0v) is 9.29. The number of hydrogen-bond donors (Lipinski definition) is 2. The Bertz CT molecular complexity index is 158. The van der Waals surface area contributed by atoms with Gasteiger partial charge in [0.2, 0.25) is 0 Å². The maximum Gasteiger partial charge on any atom is 0.314 e. The van der Waals surface area contributed by atoms with Crippen LogP contribution in [0.1, 0.15) is 13.8 Å². The first-order valence-corrected chi connectivity index (χ1v) is 4.67. The van der Waals surface area contributed by atoms with Crippen LogP contribution in [0.3, 0.4) is 0 Å². The fourth-order valence-electron chi connectivity index (χ4n) is 0.798. The van der Waals surface area contributed by atoms with Crippen LogP contribution in [0.15, 0.2) is 0 Å². The minimum absolute atomic E-state index is 0.196. The molecule has 2 N–H and O–H groups in total. The first-order chi connectivity index (χ1) is 6.60. The fourth-order valence-corrected chi connectivity index (χ4v) is 0.798. The van der Waals surface area contributed by atoms with Crippen LogP contribution < -0.4 is 10.6 Å². The van der Waals surface area contributed by atoms with E-state index in [9.17, 15) is 4.79 Å². The van der Waals surface area contributed by atoms with Gasteiger partial charge in [0.05, 0.1) is 6.54 Å². The van der Waals surface area contributed by atoms with Gasteiger partial charge in [-0.3, -0.25) is 0 Å². The number of carbonyl (C=O) groups is 1. The summed E-state index contributed by atoms with van der Waals surface area (Å²) in [6, 6.07) is -0.196. The van der Waals surface area contributed by atoms with Crippen LogP contribution in [-0.4, -0.2) is 39.6 Å². The van der Waals surface area contributed by atoms with E-state index in [-0.39, 0.29) is 12.3 Å². The molecular weight excluding hydrogens is 184 g/mol. The first-order valence-electron chi connectivity index (χ1n) is 4.67. The van der Waals surface area contributed by atoms with Crippen molar-refractivity contribution >= 4 is 6.03 Å². The predicted molar refractivity (Wildman–Crippen MR) is 54.0 cm³/mol. The molecule has 0 bridgehead atoms. The Labute approximate surface area is 85.1 Å². The molecule has 84 valence electrons. The molecule has 0 aliphatic carbocycles. The lowest BCUT2D eigenvalue weighted by atomic mass is 10.2. The second-order valence-electron chi connectivity index (χ2n) is 3.39. The van der Waals surface area contributed by atoms with Crippen molar-refractivity contribution in [1.29, 1.82) is 0 Å². The Balaban J connectivity index is 3.52. The van der Waals surface area contributed by atoms with Crippen LogP contribution in [0.5, 0.6) is 0 Å². The zero-order chi connectivity index (χ0) is 11.0. The molecule has 0 aromatic rings. The van der Waals surface area contributed by atoms with E-state index in [4.69, 9.17) is 9.47 Å². The number of ether oxygens (including phenoxy) is 2. The van der Waals surface area contributed by atoms with Gasteiger partial charge in [0, 0.05) is 20.8 Å². The van der Waals surface area contributed by atoms with Crippen molar-refractivity contribution in [2.45, 2.75) is 20.1 Å². The molecule has 0 unspecified atom stereocenters. The molecule has 0 radical (unpaired) electrons. The molecule has 0 aromatic carbocycles. The number of amides is 2. The summed E-state index contributed by atoms with van der Waals surface area (Å²) < 4.78 is 9.82. The smallest absolute Gasteiger partial charge is 0.314 e. The van der Waals surface area contributed by atoms with E-state index in [1.54, 1.807) is 0 Å². The second-order valence-corrected chi connectivity index (χ2v) is 3.39. The minimum atomic E-state index is -0.389. The molecular formula is C9H20N2O3. The van der Waals surface area contributed by atoms with Gasteiger partial charge in [0.15, 0.2) is 6.29 Å². The molecule has 14 heavy (non-hydrogen) atoms. The van der Waals surface area contributed by atoms with Crippen LogP contribution in [-0.2, 0) is 9.47 Å². The van der Waals surface area contributed by atoms with Crippen molar-refractivity contribution in [3.05, 3.63) is 0 Å². The highest BCUT2D eigenvalue weighted by molar-refractivity contribution is 5.73. The lowest BCUT2D eigenvalue weighted by molar-refractivity contribution is -0.0971. The number of nitrogens with one attached hydrogen (secondary N) is 2. The predicted octanol–water partition coefficient (Wildman–Crippen LogP) is 0.560. The van der Waals surface area contributed by atoms with E-state index >= 15 is 0 Å². The highest BCUT2D eigenvalue weighted by Gasteiger charge is 2.07. The summed E-state index contributed by atoms with van der Waals surface area (Å²) in [5.74, 6) is 0.446. The van der Waals surface area contributed by atoms with Crippen LogP contribution in [0.25, 0.3) is 0 Å². The van der Waals surface area contributed by atoms with E-state index in [1.807, 2.05) is 13.8 Å². The van der Waals surface area contributed by atoms with Gasteiger partial charge in [-0.15, -0.1) is 0 Å². The Morgan fingerprint density at radius 1 is 1.14 bits per heavy atom. The molecule has 0 aliphatic heterocycles. The molecule has 5 heteroatoms. The molecule has 0 rings (SSSR count). The van der Waals surface area contributed by atoms with E-state index in [1.165, 1.54) is 14.2 Å². The first kappa shape index (κ1) is 13.2. The normalized spacial score (nSPS) is 10.7. The maximum atomic E-state index is 11.2. The van der Waals surface area contributed by atoms with E-state index in [0.29, 0.717) is 19.0 Å². The van der Waals surface area contributed by atoms with Crippen molar-refractivity contribution in [3.63, 3.8) is 0 Å². The average Bonchev–Trinajstić information content (AvgIpc) is 2.16. The summed E-state index contributed by atoms with van der Waals surface area (Å²) in [6.07, 6.45) is -0.389. The number of carbonyl (C=O) groups excluding carboxylic acids is 1. The van der Waals surface area contributed by atoms with Crippen molar-refractivity contribution in [1.82, 2.24) is 10.6 Å². The van der Waals surface area contributed by atoms with Crippen LogP contribution in [0, 0.1) is 5.92 Å². The monoisotopic (exact) mass is 204 g/mol. The second kappa shape index (κ2) is 7.58. The summed E-state index contributed by atoms with van der Waals surface area (Å²) in [7, 11) is 3.06. The standard InChI is InChI=1S/C9H20N2O3/c1-7(2)5-10-9(12)11-6-8(13-3)14-4/h7-8H,5-6H2,1-4H3,(H2,10,11,12). The third kappa shape index (κ3) is 6.68. The van der Waals surface area contributed by atoms with Crippen LogP contribution in [0.4, 0.5) is 4.79 Å². The van der Waals surface area contributed by atoms with Gasteiger partial charge in [-0.05, 0) is 5.92 Å². The molecule has 0 heterocycles. The van der Waals surface area contributed by atoms with Crippen molar-refractivity contribution in [2.75, 3.05) is 27.3 Å². The molecule has 0 saturated carbocycles. The molecule has 2 amide bonds. The third-order valence-corrected chi connectivity index (χ3v) is 1.63. The zero-order valence-electron chi connectivity index (χ0n) is 9.29. The molecule has 0 saturated heterocycles. The van der Waals surface area contributed by atoms with Gasteiger partial charge in [-0.1, -0.05) is 13.8 Å². The quantitative estimate of drug-likeness (QED) is 0.621. The number of urea groups is 1. The van der Waals surface area contributed by atoms with Gasteiger partial charge < -0.3 is 20.1 Å².